The van der Waals surface area contributed by atoms with E-state index in [1.54, 1.807) is 48.7 Å². The molecule has 0 aliphatic carbocycles. The number of aromatic nitrogens is 2. The lowest BCUT2D eigenvalue weighted by Gasteiger charge is -2.07. The second kappa shape index (κ2) is 9.40. The fourth-order valence-electron chi connectivity index (χ4n) is 3.69. The van der Waals surface area contributed by atoms with Gasteiger partial charge in [-0.05, 0) is 59.7 Å². The first kappa shape index (κ1) is 21.8. The maximum absolute atomic E-state index is 12.6. The second-order valence-corrected chi connectivity index (χ2v) is 9.94. The number of carbonyl (C=O) groups is 1. The molecular weight excluding hydrogens is 420 g/mol. The fourth-order valence-corrected chi connectivity index (χ4v) is 4.97. The van der Waals surface area contributed by atoms with E-state index < -0.39 is 9.84 Å². The van der Waals surface area contributed by atoms with Gasteiger partial charge in [0.2, 0.25) is 0 Å². The van der Waals surface area contributed by atoms with Crippen molar-refractivity contribution in [2.24, 2.45) is 0 Å². The number of aryl methyl sites for hydroxylation is 2. The van der Waals surface area contributed by atoms with Gasteiger partial charge < -0.3 is 0 Å². The zero-order valence-electron chi connectivity index (χ0n) is 17.9. The third-order valence-corrected chi connectivity index (χ3v) is 7.13. The van der Waals surface area contributed by atoms with Crippen LogP contribution in [0.25, 0.3) is 10.8 Å². The Bertz CT molecular complexity index is 1350. The Hall–Kier alpha value is -3.38. The molecule has 0 saturated carbocycles. The maximum atomic E-state index is 12.6. The molecule has 0 spiro atoms. The monoisotopic (exact) mass is 444 g/mol. The lowest BCUT2D eigenvalue weighted by Crippen LogP contribution is -2.07. The first-order chi connectivity index (χ1) is 15.4. The van der Waals surface area contributed by atoms with Crippen LogP contribution in [-0.4, -0.2) is 24.2 Å². The first-order valence-electron chi connectivity index (χ1n) is 10.5. The van der Waals surface area contributed by atoms with Crippen LogP contribution in [-0.2, 0) is 33.2 Å². The van der Waals surface area contributed by atoms with E-state index in [9.17, 15) is 13.2 Å². The number of Topliss-reactive ketones (excluding diaryl/α,β-unsaturated/α-hetero) is 1. The number of nitrogens with zero attached hydrogens (tertiary/aromatic N) is 2. The van der Waals surface area contributed by atoms with Crippen molar-refractivity contribution in [1.29, 1.82) is 0 Å². The van der Waals surface area contributed by atoms with Gasteiger partial charge in [0.05, 0.1) is 16.3 Å². The van der Waals surface area contributed by atoms with Crippen LogP contribution in [0.4, 0.5) is 0 Å². The van der Waals surface area contributed by atoms with Crippen LogP contribution in [0, 0.1) is 6.92 Å². The van der Waals surface area contributed by atoms with E-state index in [-0.39, 0.29) is 16.4 Å². The smallest absolute Gasteiger partial charge is 0.184 e. The van der Waals surface area contributed by atoms with Crippen LogP contribution in [0.2, 0.25) is 0 Å². The summed E-state index contributed by atoms with van der Waals surface area (Å²) in [6.07, 6.45) is 6.61. The van der Waals surface area contributed by atoms with E-state index in [0.29, 0.717) is 25.0 Å². The molecule has 4 rings (SSSR count). The average Bonchev–Trinajstić information content (AvgIpc) is 2.79. The predicted octanol–water partition coefficient (Wildman–Crippen LogP) is 4.66. The normalized spacial score (nSPS) is 11.5. The predicted molar refractivity (Wildman–Crippen MR) is 125 cm³/mol. The van der Waals surface area contributed by atoms with Gasteiger partial charge in [0.1, 0.15) is 5.78 Å². The Morgan fingerprint density at radius 3 is 2.47 bits per heavy atom. The number of ketones is 1. The first-order valence-corrected chi connectivity index (χ1v) is 12.1. The molecule has 2 aromatic carbocycles. The molecule has 0 atom stereocenters. The van der Waals surface area contributed by atoms with Crippen molar-refractivity contribution in [2.45, 2.75) is 36.8 Å². The van der Waals surface area contributed by atoms with Gasteiger partial charge >= 0.3 is 0 Å². The zero-order chi connectivity index (χ0) is 22.6. The van der Waals surface area contributed by atoms with E-state index >= 15 is 0 Å². The average molecular weight is 445 g/mol. The molecule has 0 amide bonds. The lowest BCUT2D eigenvalue weighted by molar-refractivity contribution is -0.118. The third-order valence-electron chi connectivity index (χ3n) is 5.46. The van der Waals surface area contributed by atoms with E-state index in [0.717, 1.165) is 27.5 Å². The Balaban J connectivity index is 1.36. The van der Waals surface area contributed by atoms with Gasteiger partial charge in [-0.25, -0.2) is 8.42 Å². The molecule has 4 aromatic rings. The number of rotatable bonds is 8. The molecule has 0 aliphatic heterocycles. The molecule has 2 heterocycles. The number of carbonyl (C=O) groups excluding carboxylic acids is 1. The summed E-state index contributed by atoms with van der Waals surface area (Å²) in [5.74, 6) is 0.0235. The van der Waals surface area contributed by atoms with Crippen LogP contribution < -0.4 is 0 Å². The molecule has 2 aromatic heterocycles. The molecule has 0 unspecified atom stereocenters. The number of hydrogen-bond acceptors (Lipinski definition) is 5. The largest absolute Gasteiger partial charge is 0.299 e. The topological polar surface area (TPSA) is 77.0 Å². The Labute approximate surface area is 188 Å². The van der Waals surface area contributed by atoms with E-state index in [1.807, 2.05) is 31.5 Å². The van der Waals surface area contributed by atoms with Gasteiger partial charge in [-0.15, -0.1) is 0 Å². The van der Waals surface area contributed by atoms with Gasteiger partial charge in [0.15, 0.2) is 9.84 Å². The number of sulfone groups is 1. The minimum absolute atomic E-state index is 0.132. The third kappa shape index (κ3) is 5.26. The molecule has 162 valence electrons. The molecule has 0 N–H and O–H groups in total. The molecular formula is C26H24N2O3S. The van der Waals surface area contributed by atoms with E-state index in [1.165, 1.54) is 0 Å². The van der Waals surface area contributed by atoms with Gasteiger partial charge in [-0.3, -0.25) is 14.8 Å². The molecule has 0 saturated heterocycles. The van der Waals surface area contributed by atoms with Gasteiger partial charge in [-0.1, -0.05) is 36.4 Å². The summed E-state index contributed by atoms with van der Waals surface area (Å²) in [7, 11) is -3.46. The van der Waals surface area contributed by atoms with Crippen molar-refractivity contribution < 1.29 is 13.2 Å². The van der Waals surface area contributed by atoms with Crippen LogP contribution in [0.5, 0.6) is 0 Å². The second-order valence-electron chi connectivity index (χ2n) is 7.95. The Morgan fingerprint density at radius 2 is 1.72 bits per heavy atom. The molecule has 0 bridgehead atoms. The maximum Gasteiger partial charge on any atom is 0.184 e. The summed E-state index contributed by atoms with van der Waals surface area (Å²) < 4.78 is 25.2. The summed E-state index contributed by atoms with van der Waals surface area (Å²) in [6, 6.07) is 18.0. The van der Waals surface area contributed by atoms with Gasteiger partial charge in [0, 0.05) is 36.8 Å². The summed E-state index contributed by atoms with van der Waals surface area (Å²) in [4.78, 5) is 21.1. The highest BCUT2D eigenvalue weighted by molar-refractivity contribution is 7.90. The summed E-state index contributed by atoms with van der Waals surface area (Å²) in [6.45, 7) is 2.02. The van der Waals surface area contributed by atoms with Crippen LogP contribution >= 0.6 is 0 Å². The summed E-state index contributed by atoms with van der Waals surface area (Å²) in [5, 5.41) is 2.19. The van der Waals surface area contributed by atoms with Crippen LogP contribution in [0.1, 0.15) is 28.8 Å². The van der Waals surface area contributed by atoms with E-state index in [2.05, 4.69) is 16.0 Å². The molecule has 0 radical (unpaired) electrons. The number of pyridine rings is 2. The minimum Gasteiger partial charge on any atom is -0.299 e. The lowest BCUT2D eigenvalue weighted by atomic mass is 9.99. The van der Waals surface area contributed by atoms with Crippen molar-refractivity contribution in [2.75, 3.05) is 0 Å². The van der Waals surface area contributed by atoms with Crippen molar-refractivity contribution in [3.63, 3.8) is 0 Å². The van der Waals surface area contributed by atoms with Crippen molar-refractivity contribution in [3.05, 3.63) is 102 Å². The van der Waals surface area contributed by atoms with Crippen molar-refractivity contribution in [3.8, 4) is 0 Å². The number of hydrogen-bond donors (Lipinski definition) is 0. The Kier molecular flexibility index (Phi) is 6.42. The van der Waals surface area contributed by atoms with Crippen LogP contribution in [0.3, 0.4) is 0 Å². The summed E-state index contributed by atoms with van der Waals surface area (Å²) >= 11 is 0. The van der Waals surface area contributed by atoms with Gasteiger partial charge in [0.25, 0.3) is 0 Å². The van der Waals surface area contributed by atoms with Gasteiger partial charge in [-0.2, -0.15) is 0 Å². The zero-order valence-corrected chi connectivity index (χ0v) is 18.7. The molecule has 5 nitrogen and oxygen atoms in total. The highest BCUT2D eigenvalue weighted by Gasteiger charge is 2.16. The highest BCUT2D eigenvalue weighted by Crippen LogP contribution is 2.20. The molecule has 32 heavy (non-hydrogen) atoms. The van der Waals surface area contributed by atoms with Crippen molar-refractivity contribution >= 4 is 26.4 Å². The SMILES string of the molecule is Cc1cncc2ccc(CC(=O)CCc3ccc(S(=O)(=O)Cc4ccccn4)cc3)cc12. The molecule has 0 fully saturated rings. The summed E-state index contributed by atoms with van der Waals surface area (Å²) in [5.41, 5.74) is 3.54. The Morgan fingerprint density at radius 1 is 0.938 bits per heavy atom. The molecule has 6 heteroatoms. The van der Waals surface area contributed by atoms with Crippen LogP contribution in [0.15, 0.2) is 84.1 Å². The fraction of sp³-hybridized carbons (Fsp3) is 0.192. The minimum atomic E-state index is -3.46. The molecule has 0 aliphatic rings. The van der Waals surface area contributed by atoms with Crippen molar-refractivity contribution in [1.82, 2.24) is 9.97 Å². The van der Waals surface area contributed by atoms with E-state index in [4.69, 9.17) is 0 Å². The highest BCUT2D eigenvalue weighted by atomic mass is 32.2. The quantitative estimate of drug-likeness (QED) is 0.395. The number of benzene rings is 2. The number of fused-ring (bicyclic) bond motifs is 1. The standard InChI is InChI=1S/C26H24N2O3S/c1-19-16-27-17-22-9-5-21(15-26(19)22)14-24(29)10-6-20-7-11-25(12-8-20)32(30,31)18-23-4-2-3-13-28-23/h2-5,7-9,11-13,15-17H,6,10,14,18H2,1H3.